The van der Waals surface area contributed by atoms with E-state index in [2.05, 4.69) is 46.7 Å². The molecule has 0 aliphatic rings. The molecule has 0 aromatic carbocycles. The van der Waals surface area contributed by atoms with Gasteiger partial charge in [0.15, 0.2) is 0 Å². The van der Waals surface area contributed by atoms with E-state index in [9.17, 15) is 0 Å². The molecule has 0 aliphatic heterocycles. The summed E-state index contributed by atoms with van der Waals surface area (Å²) in [5.74, 6) is 0. The van der Waals surface area contributed by atoms with Crippen LogP contribution in [0.15, 0.2) is 63.3 Å². The van der Waals surface area contributed by atoms with Gasteiger partial charge in [-0.05, 0) is 24.3 Å². The predicted molar refractivity (Wildman–Crippen MR) is 111 cm³/mol. The third kappa shape index (κ3) is 790. The summed E-state index contributed by atoms with van der Waals surface area (Å²) < 4.78 is 8.34. The zero-order chi connectivity index (χ0) is 24.9. The van der Waals surface area contributed by atoms with Crippen LogP contribution in [0, 0.1) is 19.3 Å². The Bertz CT molecular complexity index is 270. The van der Waals surface area contributed by atoms with E-state index >= 15 is 0 Å². The number of aliphatic hydroxyl groups is 1. The molecule has 0 aromatic heterocycles. The monoisotopic (exact) mass is 475 g/mol. The number of hydrogen-bond acceptors (Lipinski definition) is 7. The van der Waals surface area contributed by atoms with Gasteiger partial charge in [0.05, 0.1) is 0 Å². The maximum atomic E-state index is 8.93. The van der Waals surface area contributed by atoms with Gasteiger partial charge in [-0.25, -0.2) is 77.1 Å². The third-order valence-corrected chi connectivity index (χ3v) is 0.724. The second kappa shape index (κ2) is 85.2. The molecule has 0 fully saturated rings. The van der Waals surface area contributed by atoms with Crippen molar-refractivity contribution in [2.75, 3.05) is 6.61 Å². The fourth-order valence-corrected chi connectivity index (χ4v) is 0. The topological polar surface area (TPSA) is 129 Å². The van der Waals surface area contributed by atoms with Crippen molar-refractivity contribution in [1.29, 1.82) is 0 Å². The Labute approximate surface area is 186 Å². The molecule has 0 aliphatic carbocycles. The molecule has 3 N–H and O–H groups in total. The zero-order valence-electron chi connectivity index (χ0n) is 17.0. The summed E-state index contributed by atoms with van der Waals surface area (Å²) in [7, 11) is 0. The van der Waals surface area contributed by atoms with Crippen molar-refractivity contribution >= 4 is 18.9 Å². The third-order valence-electron chi connectivity index (χ3n) is 0.724. The molecule has 28 heavy (non-hydrogen) atoms. The molecule has 8 heteroatoms. The van der Waals surface area contributed by atoms with Gasteiger partial charge < -0.3 is 19.5 Å². The van der Waals surface area contributed by atoms with Gasteiger partial charge in [-0.2, -0.15) is 0 Å². The number of rotatable bonds is 3. The maximum absolute atomic E-state index is 8.93. The molecule has 7 nitrogen and oxygen atoms in total. The van der Waals surface area contributed by atoms with Crippen molar-refractivity contribution in [3.8, 4) is 0 Å². The van der Waals surface area contributed by atoms with Gasteiger partial charge in [0.2, 0.25) is 0 Å². The zero-order valence-corrected chi connectivity index (χ0v) is 19.5. The van der Waals surface area contributed by atoms with Gasteiger partial charge in [-0.3, -0.25) is 10.5 Å². The van der Waals surface area contributed by atoms with Crippen LogP contribution in [0.3, 0.4) is 0 Å². The van der Waals surface area contributed by atoms with E-state index in [1.807, 2.05) is 20.8 Å². The van der Waals surface area contributed by atoms with E-state index in [4.69, 9.17) is 32.8 Å². The van der Waals surface area contributed by atoms with Crippen molar-refractivity contribution in [2.24, 2.45) is 5.41 Å². The first kappa shape index (κ1) is 50.2. The Kier molecular flexibility index (Phi) is 153. The van der Waals surface area contributed by atoms with Crippen LogP contribution in [0.5, 0.6) is 0 Å². The fraction of sp³-hybridized carbons (Fsp3) is 0.250. The van der Waals surface area contributed by atoms with Crippen LogP contribution in [0.25, 0.3) is 0 Å². The molecular formula is C20H33O7Zr-5. The molecule has 0 unspecified atom stereocenters. The Hall–Kier alpha value is -1.99. The van der Waals surface area contributed by atoms with Crippen LogP contribution in [0.4, 0.5) is 0 Å². The normalized spacial score (nSPS) is 5.89. The average molecular weight is 477 g/mol. The molecule has 0 bridgehead atoms. The summed E-state index contributed by atoms with van der Waals surface area (Å²) >= 11 is 0.300. The molecule has 164 valence electrons. The summed E-state index contributed by atoms with van der Waals surface area (Å²) in [6, 6.07) is 0. The summed E-state index contributed by atoms with van der Waals surface area (Å²) in [6.45, 7) is 28.4. The Balaban J connectivity index is -0.0000000280. The first-order valence-corrected chi connectivity index (χ1v) is 7.91. The fourth-order valence-electron chi connectivity index (χ4n) is 0. The molecule has 0 saturated carbocycles. The molecule has 0 aromatic rings. The molecule has 0 spiro atoms. The summed E-state index contributed by atoms with van der Waals surface area (Å²) in [4.78, 5) is 26.8. The number of aliphatic hydroxyl groups excluding tert-OH is 1. The van der Waals surface area contributed by atoms with E-state index in [1.54, 1.807) is 0 Å². The number of carbonyl (C=O) groups excluding carboxylic acids is 3. The molecule has 0 radical (unpaired) electrons. The van der Waals surface area contributed by atoms with E-state index in [1.165, 1.54) is 31.0 Å². The van der Waals surface area contributed by atoms with Gasteiger partial charge in [0, 0.05) is 6.61 Å². The first-order valence-electron chi connectivity index (χ1n) is 6.91. The van der Waals surface area contributed by atoms with Crippen LogP contribution >= 0.6 is 0 Å². The van der Waals surface area contributed by atoms with E-state index < -0.39 is 0 Å². The van der Waals surface area contributed by atoms with Crippen LogP contribution in [-0.4, -0.2) is 41.1 Å². The molecule has 0 saturated heterocycles. The Morgan fingerprint density at radius 2 is 0.857 bits per heavy atom. The van der Waals surface area contributed by atoms with Crippen LogP contribution in [0.2, 0.25) is 0 Å². The average Bonchev–Trinajstić information content (AvgIpc) is 2.72. The minimum absolute atomic E-state index is 0.0972. The van der Waals surface area contributed by atoms with Crippen molar-refractivity contribution in [3.63, 3.8) is 0 Å². The molecular weight excluding hydrogens is 443 g/mol. The predicted octanol–water partition coefficient (Wildman–Crippen LogP) is 3.78. The Morgan fingerprint density at radius 1 is 0.786 bits per heavy atom. The SMILES string of the molecule is C=C[C-]=O.C=C[C-]=O.C=C[C-]=O.C=C[CH2-].C=C[CH2-].CC(C)(C)CO.OO.[O]=[Zr]. The van der Waals surface area contributed by atoms with E-state index in [0.29, 0.717) is 24.7 Å². The molecule has 0 heterocycles. The van der Waals surface area contributed by atoms with Crippen LogP contribution in [-0.2, 0) is 41.9 Å². The van der Waals surface area contributed by atoms with E-state index in [0.717, 1.165) is 18.2 Å². The van der Waals surface area contributed by atoms with Gasteiger partial charge >= 0.3 is 27.5 Å². The molecule has 0 rings (SSSR count). The van der Waals surface area contributed by atoms with Gasteiger partial charge in [0.1, 0.15) is 0 Å². The first-order chi connectivity index (χ1) is 13.1. The second-order valence-electron chi connectivity index (χ2n) is 4.26. The number of allylic oxidation sites excluding steroid dienone is 5. The number of hydrogen-bond donors (Lipinski definition) is 3. The molecule has 0 amide bonds. The standard InChI is InChI=1S/C5H12O.3C3H3O.2C3H5.H2O2.O.Zr/c1-5(2,3)4-6;3*1-2-3-4;2*1-3-2;1-2;;/h6H,4H2,1-3H3;3*2H,1H2;2*3H,1-2H2;1-2H;;/q;5*-1;;;. The van der Waals surface area contributed by atoms with Gasteiger partial charge in [-0.15, -0.1) is 0 Å². The summed E-state index contributed by atoms with van der Waals surface area (Å²) in [5, 5.41) is 20.4. The van der Waals surface area contributed by atoms with Crippen LogP contribution < -0.4 is 0 Å². The van der Waals surface area contributed by atoms with Gasteiger partial charge in [-0.1, -0.05) is 20.8 Å². The van der Waals surface area contributed by atoms with Crippen molar-refractivity contribution < 1.29 is 57.5 Å². The van der Waals surface area contributed by atoms with Crippen molar-refractivity contribution in [1.82, 2.24) is 0 Å². The second-order valence-corrected chi connectivity index (χ2v) is 4.26. The Morgan fingerprint density at radius 3 is 0.857 bits per heavy atom. The quantitative estimate of drug-likeness (QED) is 0.245. The summed E-state index contributed by atoms with van der Waals surface area (Å²) in [5.41, 5.74) is 0.0972. The molecule has 0 atom stereocenters. The van der Waals surface area contributed by atoms with Crippen LogP contribution in [0.1, 0.15) is 20.8 Å². The summed E-state index contributed by atoms with van der Waals surface area (Å²) in [6.07, 6.45) is 10.5. The van der Waals surface area contributed by atoms with Crippen molar-refractivity contribution in [3.05, 3.63) is 77.1 Å². The van der Waals surface area contributed by atoms with Gasteiger partial charge in [0.25, 0.3) is 0 Å². The van der Waals surface area contributed by atoms with Crippen molar-refractivity contribution in [2.45, 2.75) is 20.8 Å². The van der Waals surface area contributed by atoms with E-state index in [-0.39, 0.29) is 12.0 Å². The minimum atomic E-state index is 0.0972.